The molecule has 0 aliphatic rings. The highest BCUT2D eigenvalue weighted by Crippen LogP contribution is 2.26. The number of rotatable bonds is 7. The summed E-state index contributed by atoms with van der Waals surface area (Å²) in [7, 11) is 0. The number of nitrogens with one attached hydrogen (secondary N) is 2. The zero-order valence-corrected chi connectivity index (χ0v) is 17.3. The van der Waals surface area contributed by atoms with Crippen molar-refractivity contribution >= 4 is 23.2 Å². The molecule has 1 heterocycles. The van der Waals surface area contributed by atoms with Gasteiger partial charge in [-0.05, 0) is 55.5 Å². The number of aromatic nitrogens is 3. The van der Waals surface area contributed by atoms with Gasteiger partial charge in [0, 0.05) is 11.4 Å². The molecule has 0 radical (unpaired) electrons. The fraction of sp³-hybridized carbons (Fsp3) is 0.0833. The topological polar surface area (TPSA) is 98.1 Å². The van der Waals surface area contributed by atoms with Crippen molar-refractivity contribution in [1.29, 1.82) is 0 Å². The Hall–Kier alpha value is -4.46. The Bertz CT molecular complexity index is 1190. The second kappa shape index (κ2) is 9.57. The van der Waals surface area contributed by atoms with Gasteiger partial charge < -0.3 is 15.4 Å². The number of carbonyl (C=O) groups is 2. The van der Waals surface area contributed by atoms with E-state index in [0.29, 0.717) is 28.4 Å². The van der Waals surface area contributed by atoms with Gasteiger partial charge in [0.2, 0.25) is 5.91 Å². The van der Waals surface area contributed by atoms with E-state index in [0.717, 1.165) is 0 Å². The van der Waals surface area contributed by atoms with E-state index in [2.05, 4.69) is 20.7 Å². The predicted molar refractivity (Wildman–Crippen MR) is 121 cm³/mol. The molecule has 0 aliphatic carbocycles. The molecule has 8 nitrogen and oxygen atoms in total. The Morgan fingerprint density at radius 1 is 0.875 bits per heavy atom. The zero-order chi connectivity index (χ0) is 22.3. The molecule has 0 saturated heterocycles. The molecular weight excluding hydrogens is 406 g/mol. The minimum atomic E-state index is -0.502. The van der Waals surface area contributed by atoms with Gasteiger partial charge in [0.25, 0.3) is 5.91 Å². The highest BCUT2D eigenvalue weighted by Gasteiger charge is 2.16. The van der Waals surface area contributed by atoms with Crippen LogP contribution in [0.2, 0.25) is 0 Å². The molecule has 3 aromatic carbocycles. The standard InChI is InChI=1S/C24H21N5O3/c1-17(29-16-25-15-26-29)23(30)27-18-11-13-19(14-12-18)28-24(31)21-9-5-6-10-22(21)32-20-7-3-2-4-8-20/h2-17H,1H3,(H,27,30)(H,28,31). The molecule has 4 rings (SSSR count). The predicted octanol–water partition coefficient (Wildman–Crippen LogP) is 4.52. The number of hydrogen-bond donors (Lipinski definition) is 2. The first kappa shape index (κ1) is 20.8. The molecule has 2 amide bonds. The van der Waals surface area contributed by atoms with E-state index >= 15 is 0 Å². The molecule has 0 spiro atoms. The van der Waals surface area contributed by atoms with Crippen LogP contribution in [0.5, 0.6) is 11.5 Å². The Balaban J connectivity index is 1.41. The lowest BCUT2D eigenvalue weighted by atomic mass is 10.1. The third-order valence-corrected chi connectivity index (χ3v) is 4.73. The van der Waals surface area contributed by atoms with E-state index in [1.165, 1.54) is 17.3 Å². The minimum Gasteiger partial charge on any atom is -0.457 e. The summed E-state index contributed by atoms with van der Waals surface area (Å²) >= 11 is 0. The molecule has 1 unspecified atom stereocenters. The van der Waals surface area contributed by atoms with Gasteiger partial charge in [-0.2, -0.15) is 5.10 Å². The molecule has 32 heavy (non-hydrogen) atoms. The van der Waals surface area contributed by atoms with Crippen LogP contribution in [0.1, 0.15) is 23.3 Å². The van der Waals surface area contributed by atoms with Crippen molar-refractivity contribution < 1.29 is 14.3 Å². The van der Waals surface area contributed by atoms with Gasteiger partial charge in [-0.25, -0.2) is 9.67 Å². The van der Waals surface area contributed by atoms with Gasteiger partial charge in [-0.15, -0.1) is 0 Å². The lowest BCUT2D eigenvalue weighted by Gasteiger charge is -2.13. The first-order valence-corrected chi connectivity index (χ1v) is 9.98. The van der Waals surface area contributed by atoms with E-state index in [4.69, 9.17) is 4.74 Å². The smallest absolute Gasteiger partial charge is 0.259 e. The molecule has 0 fully saturated rings. The van der Waals surface area contributed by atoms with Gasteiger partial charge in [-0.3, -0.25) is 9.59 Å². The Morgan fingerprint density at radius 3 is 2.22 bits per heavy atom. The first-order valence-electron chi connectivity index (χ1n) is 9.98. The number of benzene rings is 3. The van der Waals surface area contributed by atoms with Crippen LogP contribution in [0, 0.1) is 0 Å². The highest BCUT2D eigenvalue weighted by atomic mass is 16.5. The van der Waals surface area contributed by atoms with Crippen LogP contribution < -0.4 is 15.4 Å². The van der Waals surface area contributed by atoms with Crippen molar-refractivity contribution in [2.45, 2.75) is 13.0 Å². The summed E-state index contributed by atoms with van der Waals surface area (Å²) in [6.07, 6.45) is 2.87. The summed E-state index contributed by atoms with van der Waals surface area (Å²) in [5.41, 5.74) is 1.61. The van der Waals surface area contributed by atoms with Crippen molar-refractivity contribution in [2.75, 3.05) is 10.6 Å². The number of ether oxygens (including phenoxy) is 1. The third-order valence-electron chi connectivity index (χ3n) is 4.73. The summed E-state index contributed by atoms with van der Waals surface area (Å²) in [4.78, 5) is 29.0. The Kier molecular flexibility index (Phi) is 6.22. The van der Waals surface area contributed by atoms with Crippen LogP contribution in [0.25, 0.3) is 0 Å². The van der Waals surface area contributed by atoms with Gasteiger partial charge in [0.05, 0.1) is 5.56 Å². The van der Waals surface area contributed by atoms with E-state index in [1.54, 1.807) is 49.4 Å². The van der Waals surface area contributed by atoms with E-state index in [1.807, 2.05) is 36.4 Å². The number of anilines is 2. The molecule has 1 aromatic heterocycles. The molecule has 4 aromatic rings. The maximum atomic E-state index is 12.8. The van der Waals surface area contributed by atoms with E-state index < -0.39 is 6.04 Å². The maximum Gasteiger partial charge on any atom is 0.259 e. The van der Waals surface area contributed by atoms with Crippen LogP contribution in [0.4, 0.5) is 11.4 Å². The van der Waals surface area contributed by atoms with Crippen molar-refractivity contribution in [3.8, 4) is 11.5 Å². The molecule has 1 atom stereocenters. The molecule has 0 bridgehead atoms. The summed E-state index contributed by atoms with van der Waals surface area (Å²) in [6, 6.07) is 22.7. The monoisotopic (exact) mass is 427 g/mol. The number of nitrogens with zero attached hydrogens (tertiary/aromatic N) is 3. The number of hydrogen-bond acceptors (Lipinski definition) is 5. The molecule has 0 saturated carbocycles. The maximum absolute atomic E-state index is 12.8. The molecule has 8 heteroatoms. The number of amides is 2. The lowest BCUT2D eigenvalue weighted by molar-refractivity contribution is -0.119. The second-order valence-corrected chi connectivity index (χ2v) is 6.98. The number of carbonyl (C=O) groups excluding carboxylic acids is 2. The first-order chi connectivity index (χ1) is 15.6. The molecule has 2 N–H and O–H groups in total. The van der Waals surface area contributed by atoms with Crippen molar-refractivity contribution in [3.63, 3.8) is 0 Å². The van der Waals surface area contributed by atoms with Crippen molar-refractivity contribution in [1.82, 2.24) is 14.8 Å². The van der Waals surface area contributed by atoms with Crippen molar-refractivity contribution in [3.05, 3.63) is 97.1 Å². The second-order valence-electron chi connectivity index (χ2n) is 6.98. The van der Waals surface area contributed by atoms with E-state index in [9.17, 15) is 9.59 Å². The van der Waals surface area contributed by atoms with Crippen LogP contribution >= 0.6 is 0 Å². The van der Waals surface area contributed by atoms with Crippen LogP contribution in [0.15, 0.2) is 91.5 Å². The summed E-state index contributed by atoms with van der Waals surface area (Å²) in [6.45, 7) is 1.73. The van der Waals surface area contributed by atoms with Crippen LogP contribution in [-0.2, 0) is 4.79 Å². The average Bonchev–Trinajstić information content (AvgIpc) is 3.36. The quantitative estimate of drug-likeness (QED) is 0.452. The molecule has 160 valence electrons. The fourth-order valence-electron chi connectivity index (χ4n) is 2.98. The molecular formula is C24H21N5O3. The van der Waals surface area contributed by atoms with Crippen LogP contribution in [-0.4, -0.2) is 26.6 Å². The zero-order valence-electron chi connectivity index (χ0n) is 17.3. The highest BCUT2D eigenvalue weighted by molar-refractivity contribution is 6.06. The van der Waals surface area contributed by atoms with E-state index in [-0.39, 0.29) is 11.8 Å². The Morgan fingerprint density at radius 2 is 1.53 bits per heavy atom. The van der Waals surface area contributed by atoms with Gasteiger partial charge >= 0.3 is 0 Å². The SMILES string of the molecule is CC(C(=O)Nc1ccc(NC(=O)c2ccccc2Oc2ccccc2)cc1)n1cncn1. The molecule has 0 aliphatic heterocycles. The third kappa shape index (κ3) is 4.99. The number of para-hydroxylation sites is 2. The van der Waals surface area contributed by atoms with Gasteiger partial charge in [-0.1, -0.05) is 30.3 Å². The van der Waals surface area contributed by atoms with Gasteiger partial charge in [0.15, 0.2) is 0 Å². The van der Waals surface area contributed by atoms with Crippen LogP contribution in [0.3, 0.4) is 0 Å². The minimum absolute atomic E-state index is 0.223. The fourth-order valence-corrected chi connectivity index (χ4v) is 2.98. The lowest BCUT2D eigenvalue weighted by Crippen LogP contribution is -2.24. The van der Waals surface area contributed by atoms with Gasteiger partial charge in [0.1, 0.15) is 30.2 Å². The Labute approximate surface area is 184 Å². The normalized spacial score (nSPS) is 11.4. The van der Waals surface area contributed by atoms with Crippen molar-refractivity contribution in [2.24, 2.45) is 0 Å². The largest absolute Gasteiger partial charge is 0.457 e. The summed E-state index contributed by atoms with van der Waals surface area (Å²) < 4.78 is 7.34. The summed E-state index contributed by atoms with van der Waals surface area (Å²) in [5, 5.41) is 9.65. The average molecular weight is 427 g/mol. The summed E-state index contributed by atoms with van der Waals surface area (Å²) in [5.74, 6) is 0.586.